The van der Waals surface area contributed by atoms with Gasteiger partial charge in [0.1, 0.15) is 0 Å². The summed E-state index contributed by atoms with van der Waals surface area (Å²) in [5.41, 5.74) is 1.88. The molecule has 0 heterocycles. The molecule has 10 heavy (non-hydrogen) atoms. The van der Waals surface area contributed by atoms with Crippen LogP contribution in [0, 0.1) is 0 Å². The predicted molar refractivity (Wildman–Crippen MR) is 47.4 cm³/mol. The first-order valence-electron chi connectivity index (χ1n) is 3.54. The number of hydrogen-bond donors (Lipinski definition) is 0. The minimum atomic E-state index is 0.859. The van der Waals surface area contributed by atoms with Crippen molar-refractivity contribution in [3.63, 3.8) is 0 Å². The van der Waals surface area contributed by atoms with Crippen molar-refractivity contribution < 1.29 is 0 Å². The van der Waals surface area contributed by atoms with Crippen LogP contribution >= 0.6 is 0 Å². The maximum absolute atomic E-state index is 4.15. The van der Waals surface area contributed by atoms with Crippen LogP contribution in [-0.4, -0.2) is 5.71 Å². The SMILES string of the molecule is C=C(C)N=C(C)/C=C\CC. The molecule has 0 atom stereocenters. The van der Waals surface area contributed by atoms with Crippen molar-refractivity contribution in [2.45, 2.75) is 27.2 Å². The van der Waals surface area contributed by atoms with Gasteiger partial charge in [0.2, 0.25) is 0 Å². The third-order valence-electron chi connectivity index (χ3n) is 0.962. The molecular formula is C9H15N. The summed E-state index contributed by atoms with van der Waals surface area (Å²) in [4.78, 5) is 4.15. The zero-order valence-electron chi connectivity index (χ0n) is 7.02. The Morgan fingerprint density at radius 2 is 2.10 bits per heavy atom. The second-order valence-electron chi connectivity index (χ2n) is 2.30. The maximum atomic E-state index is 4.15. The van der Waals surface area contributed by atoms with Crippen LogP contribution in [0.25, 0.3) is 0 Å². The van der Waals surface area contributed by atoms with Gasteiger partial charge in [-0.25, -0.2) is 0 Å². The monoisotopic (exact) mass is 137 g/mol. The second kappa shape index (κ2) is 4.98. The van der Waals surface area contributed by atoms with Gasteiger partial charge >= 0.3 is 0 Å². The molecule has 0 aliphatic rings. The summed E-state index contributed by atoms with van der Waals surface area (Å²) in [6.45, 7) is 9.65. The van der Waals surface area contributed by atoms with Crippen LogP contribution in [0.2, 0.25) is 0 Å². The minimum absolute atomic E-state index is 0.859. The Balaban J connectivity index is 3.94. The molecule has 0 aromatic rings. The second-order valence-corrected chi connectivity index (χ2v) is 2.30. The van der Waals surface area contributed by atoms with Crippen molar-refractivity contribution in [3.05, 3.63) is 24.4 Å². The topological polar surface area (TPSA) is 12.4 Å². The molecule has 0 spiro atoms. The van der Waals surface area contributed by atoms with E-state index in [1.54, 1.807) is 0 Å². The average molecular weight is 137 g/mol. The fraction of sp³-hybridized carbons (Fsp3) is 0.444. The fourth-order valence-electron chi connectivity index (χ4n) is 0.627. The lowest BCUT2D eigenvalue weighted by molar-refractivity contribution is 1.22. The molecule has 0 saturated heterocycles. The Hall–Kier alpha value is -0.850. The number of hydrogen-bond acceptors (Lipinski definition) is 1. The Morgan fingerprint density at radius 1 is 1.50 bits per heavy atom. The lowest BCUT2D eigenvalue weighted by Crippen LogP contribution is -1.83. The van der Waals surface area contributed by atoms with Crippen LogP contribution in [0.1, 0.15) is 27.2 Å². The molecule has 0 fully saturated rings. The van der Waals surface area contributed by atoms with Crippen LogP contribution in [0.5, 0.6) is 0 Å². The Bertz CT molecular complexity index is 164. The van der Waals surface area contributed by atoms with Crippen LogP contribution in [-0.2, 0) is 0 Å². The van der Waals surface area contributed by atoms with E-state index in [-0.39, 0.29) is 0 Å². The summed E-state index contributed by atoms with van der Waals surface area (Å²) in [7, 11) is 0. The van der Waals surface area contributed by atoms with Gasteiger partial charge in [0.15, 0.2) is 0 Å². The van der Waals surface area contributed by atoms with Gasteiger partial charge in [0.25, 0.3) is 0 Å². The van der Waals surface area contributed by atoms with Gasteiger partial charge in [-0.15, -0.1) is 0 Å². The van der Waals surface area contributed by atoms with Crippen molar-refractivity contribution in [1.29, 1.82) is 0 Å². The van der Waals surface area contributed by atoms with Crippen LogP contribution in [0.3, 0.4) is 0 Å². The Morgan fingerprint density at radius 3 is 2.50 bits per heavy atom. The molecule has 0 N–H and O–H groups in total. The van der Waals surface area contributed by atoms with Crippen LogP contribution in [0.15, 0.2) is 29.4 Å². The van der Waals surface area contributed by atoms with E-state index < -0.39 is 0 Å². The maximum Gasteiger partial charge on any atom is 0.0372 e. The highest BCUT2D eigenvalue weighted by Gasteiger charge is 1.80. The van der Waals surface area contributed by atoms with Crippen molar-refractivity contribution in [3.8, 4) is 0 Å². The molecule has 1 heteroatoms. The highest BCUT2D eigenvalue weighted by atomic mass is 14.7. The van der Waals surface area contributed by atoms with Gasteiger partial charge in [-0.3, -0.25) is 4.99 Å². The fourth-order valence-corrected chi connectivity index (χ4v) is 0.627. The molecule has 1 nitrogen and oxygen atoms in total. The zero-order valence-corrected chi connectivity index (χ0v) is 7.02. The van der Waals surface area contributed by atoms with Gasteiger partial charge in [-0.2, -0.15) is 0 Å². The number of nitrogens with zero attached hydrogens (tertiary/aromatic N) is 1. The minimum Gasteiger partial charge on any atom is -0.259 e. The lowest BCUT2D eigenvalue weighted by Gasteiger charge is -1.90. The van der Waals surface area contributed by atoms with E-state index in [0.29, 0.717) is 0 Å². The molecule has 0 aliphatic carbocycles. The molecule has 0 aromatic heterocycles. The summed E-state index contributed by atoms with van der Waals surface area (Å²) in [6.07, 6.45) is 5.15. The quantitative estimate of drug-likeness (QED) is 0.530. The van der Waals surface area contributed by atoms with E-state index in [1.807, 2.05) is 19.9 Å². The van der Waals surface area contributed by atoms with Crippen molar-refractivity contribution in [1.82, 2.24) is 0 Å². The third kappa shape index (κ3) is 5.29. The third-order valence-corrected chi connectivity index (χ3v) is 0.962. The molecule has 0 radical (unpaired) electrons. The van der Waals surface area contributed by atoms with E-state index in [2.05, 4.69) is 24.6 Å². The van der Waals surface area contributed by atoms with E-state index in [4.69, 9.17) is 0 Å². The van der Waals surface area contributed by atoms with Gasteiger partial charge < -0.3 is 0 Å². The van der Waals surface area contributed by atoms with Crippen molar-refractivity contribution in [2.75, 3.05) is 0 Å². The normalized spacial score (nSPS) is 12.5. The number of allylic oxidation sites excluding steroid dienone is 3. The first-order valence-corrected chi connectivity index (χ1v) is 3.54. The lowest BCUT2D eigenvalue weighted by atomic mass is 10.3. The highest BCUT2D eigenvalue weighted by Crippen LogP contribution is 1.92. The highest BCUT2D eigenvalue weighted by molar-refractivity contribution is 5.93. The summed E-state index contributed by atoms with van der Waals surface area (Å²) >= 11 is 0. The Kier molecular flexibility index (Phi) is 4.55. The van der Waals surface area contributed by atoms with Gasteiger partial charge in [0, 0.05) is 11.4 Å². The van der Waals surface area contributed by atoms with Crippen molar-refractivity contribution in [2.24, 2.45) is 4.99 Å². The first-order chi connectivity index (χ1) is 4.66. The number of aliphatic imine (C=N–C) groups is 1. The van der Waals surface area contributed by atoms with E-state index >= 15 is 0 Å². The largest absolute Gasteiger partial charge is 0.259 e. The van der Waals surface area contributed by atoms with Gasteiger partial charge in [0.05, 0.1) is 0 Å². The molecule has 0 rings (SSSR count). The summed E-state index contributed by atoms with van der Waals surface area (Å²) in [5, 5.41) is 0. The standard InChI is InChI=1S/C9H15N/c1-5-6-7-9(4)10-8(2)3/h6-7H,2,5H2,1,3-4H3/b7-6-,10-9?. The average Bonchev–Trinajstić information content (AvgIpc) is 1.82. The molecule has 56 valence electrons. The van der Waals surface area contributed by atoms with Gasteiger partial charge in [-0.1, -0.05) is 19.6 Å². The van der Waals surface area contributed by atoms with E-state index in [1.165, 1.54) is 0 Å². The van der Waals surface area contributed by atoms with Crippen molar-refractivity contribution >= 4 is 5.71 Å². The summed E-state index contributed by atoms with van der Waals surface area (Å²) in [5.74, 6) is 0. The van der Waals surface area contributed by atoms with Gasteiger partial charge in [-0.05, 0) is 26.3 Å². The summed E-state index contributed by atoms with van der Waals surface area (Å²) in [6, 6.07) is 0. The first kappa shape index (κ1) is 9.15. The molecule has 0 bridgehead atoms. The van der Waals surface area contributed by atoms with E-state index in [9.17, 15) is 0 Å². The molecule has 0 saturated carbocycles. The molecular weight excluding hydrogens is 122 g/mol. The van der Waals surface area contributed by atoms with Crippen LogP contribution < -0.4 is 0 Å². The Labute approximate surface area is 63.2 Å². The van der Waals surface area contributed by atoms with E-state index in [0.717, 1.165) is 17.8 Å². The predicted octanol–water partition coefficient (Wildman–Crippen LogP) is 2.95. The summed E-state index contributed by atoms with van der Waals surface area (Å²) < 4.78 is 0. The smallest absolute Gasteiger partial charge is 0.0372 e. The molecule has 0 amide bonds. The van der Waals surface area contributed by atoms with Crippen LogP contribution in [0.4, 0.5) is 0 Å². The number of rotatable bonds is 3. The molecule has 0 unspecified atom stereocenters. The molecule has 0 aromatic carbocycles. The zero-order chi connectivity index (χ0) is 7.98. The molecule has 0 aliphatic heterocycles.